The van der Waals surface area contributed by atoms with Crippen molar-refractivity contribution in [1.82, 2.24) is 10.2 Å². The Balaban J connectivity index is 1.67. The summed E-state index contributed by atoms with van der Waals surface area (Å²) in [4.78, 5) is 15.1. The first-order valence-electron chi connectivity index (χ1n) is 8.29. The Morgan fingerprint density at radius 1 is 1.11 bits per heavy atom. The molecule has 0 spiro atoms. The van der Waals surface area contributed by atoms with E-state index in [1.165, 1.54) is 44.9 Å². The van der Waals surface area contributed by atoms with Gasteiger partial charge in [0, 0.05) is 12.6 Å². The summed E-state index contributed by atoms with van der Waals surface area (Å²) >= 11 is 0. The van der Waals surface area contributed by atoms with E-state index in [9.17, 15) is 4.79 Å². The number of likely N-dealkylation sites (tertiary alicyclic amines) is 1. The first-order chi connectivity index (χ1) is 9.25. The Morgan fingerprint density at radius 3 is 2.74 bits per heavy atom. The van der Waals surface area contributed by atoms with Crippen molar-refractivity contribution >= 4 is 5.91 Å². The fourth-order valence-corrected chi connectivity index (χ4v) is 4.39. The standard InChI is InChI=1S/C16H28N2O/c1-12-8-9-17-14(11-12)16(19)18-10-4-6-13-5-2-3-7-15(13)18/h12-15,17H,2-11H2,1H3. The van der Waals surface area contributed by atoms with Crippen LogP contribution in [0.4, 0.5) is 0 Å². The van der Waals surface area contributed by atoms with E-state index in [1.54, 1.807) is 0 Å². The van der Waals surface area contributed by atoms with Gasteiger partial charge in [-0.15, -0.1) is 0 Å². The molecule has 3 nitrogen and oxygen atoms in total. The van der Waals surface area contributed by atoms with Gasteiger partial charge in [-0.25, -0.2) is 0 Å². The van der Waals surface area contributed by atoms with Gasteiger partial charge in [0.25, 0.3) is 0 Å². The summed E-state index contributed by atoms with van der Waals surface area (Å²) in [7, 11) is 0. The number of carbonyl (C=O) groups excluding carboxylic acids is 1. The molecule has 3 fully saturated rings. The minimum atomic E-state index is 0.101. The van der Waals surface area contributed by atoms with E-state index in [1.807, 2.05) is 0 Å². The van der Waals surface area contributed by atoms with Crippen LogP contribution in [0.25, 0.3) is 0 Å². The number of hydrogen-bond acceptors (Lipinski definition) is 2. The fraction of sp³-hybridized carbons (Fsp3) is 0.938. The summed E-state index contributed by atoms with van der Waals surface area (Å²) < 4.78 is 0. The number of nitrogens with one attached hydrogen (secondary N) is 1. The molecule has 3 heteroatoms. The molecule has 2 heterocycles. The van der Waals surface area contributed by atoms with Crippen LogP contribution in [0.3, 0.4) is 0 Å². The van der Waals surface area contributed by atoms with Crippen LogP contribution < -0.4 is 5.32 Å². The molecule has 1 aliphatic carbocycles. The second-order valence-electron chi connectivity index (χ2n) is 6.92. The third kappa shape index (κ3) is 2.81. The molecule has 0 radical (unpaired) electrons. The lowest BCUT2D eigenvalue weighted by Gasteiger charge is -2.46. The molecule has 4 atom stereocenters. The molecule has 2 aliphatic heterocycles. The van der Waals surface area contributed by atoms with Crippen molar-refractivity contribution in [3.8, 4) is 0 Å². The second-order valence-corrected chi connectivity index (χ2v) is 6.92. The van der Waals surface area contributed by atoms with Gasteiger partial charge in [-0.2, -0.15) is 0 Å². The molecule has 1 amide bonds. The van der Waals surface area contributed by atoms with E-state index in [4.69, 9.17) is 0 Å². The fourth-order valence-electron chi connectivity index (χ4n) is 4.39. The zero-order chi connectivity index (χ0) is 13.2. The summed E-state index contributed by atoms with van der Waals surface area (Å²) in [5.41, 5.74) is 0. The SMILES string of the molecule is CC1CCNC(C(=O)N2CCCC3CCCCC32)C1. The maximum atomic E-state index is 12.8. The summed E-state index contributed by atoms with van der Waals surface area (Å²) in [6, 6.07) is 0.665. The van der Waals surface area contributed by atoms with Crippen molar-refractivity contribution < 1.29 is 4.79 Å². The van der Waals surface area contributed by atoms with Crippen LogP contribution in [0, 0.1) is 11.8 Å². The Kier molecular flexibility index (Phi) is 4.11. The lowest BCUT2D eigenvalue weighted by atomic mass is 9.78. The molecule has 0 aromatic carbocycles. The van der Waals surface area contributed by atoms with Crippen molar-refractivity contribution in [2.45, 2.75) is 70.4 Å². The minimum Gasteiger partial charge on any atom is -0.338 e. The van der Waals surface area contributed by atoms with Crippen LogP contribution in [0.5, 0.6) is 0 Å². The normalized spacial score (nSPS) is 39.7. The summed E-state index contributed by atoms with van der Waals surface area (Å²) in [5.74, 6) is 1.90. The van der Waals surface area contributed by atoms with Crippen molar-refractivity contribution in [2.75, 3.05) is 13.1 Å². The van der Waals surface area contributed by atoms with Crippen molar-refractivity contribution in [3.63, 3.8) is 0 Å². The predicted molar refractivity (Wildman–Crippen MR) is 76.9 cm³/mol. The van der Waals surface area contributed by atoms with Gasteiger partial charge in [0.15, 0.2) is 0 Å². The molecule has 0 bridgehead atoms. The van der Waals surface area contributed by atoms with E-state index in [0.717, 1.165) is 25.4 Å². The quantitative estimate of drug-likeness (QED) is 0.789. The highest BCUT2D eigenvalue weighted by atomic mass is 16.2. The summed E-state index contributed by atoms with van der Waals surface area (Å²) in [5, 5.41) is 3.45. The van der Waals surface area contributed by atoms with Crippen LogP contribution in [0.15, 0.2) is 0 Å². The van der Waals surface area contributed by atoms with E-state index in [-0.39, 0.29) is 6.04 Å². The molecule has 108 valence electrons. The van der Waals surface area contributed by atoms with Gasteiger partial charge in [-0.1, -0.05) is 19.8 Å². The van der Waals surface area contributed by atoms with Crippen molar-refractivity contribution in [3.05, 3.63) is 0 Å². The molecule has 4 unspecified atom stereocenters. The van der Waals surface area contributed by atoms with Gasteiger partial charge in [0.05, 0.1) is 6.04 Å². The Bertz CT molecular complexity index is 329. The van der Waals surface area contributed by atoms with Crippen LogP contribution in [0.1, 0.15) is 58.3 Å². The number of fused-ring (bicyclic) bond motifs is 1. The average Bonchev–Trinajstić information content (AvgIpc) is 2.46. The van der Waals surface area contributed by atoms with Crippen molar-refractivity contribution in [2.24, 2.45) is 11.8 Å². The van der Waals surface area contributed by atoms with Crippen LogP contribution in [0.2, 0.25) is 0 Å². The second kappa shape index (κ2) is 5.82. The number of carbonyl (C=O) groups is 1. The van der Waals surface area contributed by atoms with Gasteiger partial charge in [0.1, 0.15) is 0 Å². The van der Waals surface area contributed by atoms with E-state index >= 15 is 0 Å². The highest BCUT2D eigenvalue weighted by Crippen LogP contribution is 2.36. The molecule has 2 saturated heterocycles. The van der Waals surface area contributed by atoms with E-state index in [2.05, 4.69) is 17.1 Å². The lowest BCUT2D eigenvalue weighted by molar-refractivity contribution is -0.140. The van der Waals surface area contributed by atoms with Crippen LogP contribution in [-0.2, 0) is 4.79 Å². The number of hydrogen-bond donors (Lipinski definition) is 1. The van der Waals surface area contributed by atoms with Gasteiger partial charge in [-0.3, -0.25) is 4.79 Å². The Hall–Kier alpha value is -0.570. The topological polar surface area (TPSA) is 32.3 Å². The molecular weight excluding hydrogens is 236 g/mol. The van der Waals surface area contributed by atoms with Gasteiger partial charge in [0.2, 0.25) is 5.91 Å². The average molecular weight is 264 g/mol. The Morgan fingerprint density at radius 2 is 1.89 bits per heavy atom. The maximum Gasteiger partial charge on any atom is 0.239 e. The molecule has 1 saturated carbocycles. The van der Waals surface area contributed by atoms with Crippen LogP contribution in [-0.4, -0.2) is 36.0 Å². The molecule has 0 aromatic heterocycles. The molecular formula is C16H28N2O. The third-order valence-corrected chi connectivity index (χ3v) is 5.49. The predicted octanol–water partition coefficient (Wildman–Crippen LogP) is 2.56. The van der Waals surface area contributed by atoms with Crippen molar-refractivity contribution in [1.29, 1.82) is 0 Å². The monoisotopic (exact) mass is 264 g/mol. The zero-order valence-electron chi connectivity index (χ0n) is 12.2. The molecule has 3 aliphatic rings. The Labute approximate surface area is 117 Å². The highest BCUT2D eigenvalue weighted by Gasteiger charge is 2.38. The zero-order valence-corrected chi connectivity index (χ0v) is 12.2. The van der Waals surface area contributed by atoms with E-state index < -0.39 is 0 Å². The molecule has 1 N–H and O–H groups in total. The molecule has 3 rings (SSSR count). The number of piperidine rings is 2. The molecule has 19 heavy (non-hydrogen) atoms. The first kappa shape index (κ1) is 13.4. The number of nitrogens with zero attached hydrogens (tertiary/aromatic N) is 1. The van der Waals surface area contributed by atoms with E-state index in [0.29, 0.717) is 17.9 Å². The molecule has 0 aromatic rings. The maximum absolute atomic E-state index is 12.8. The minimum absolute atomic E-state index is 0.101. The largest absolute Gasteiger partial charge is 0.338 e. The van der Waals surface area contributed by atoms with Gasteiger partial charge < -0.3 is 10.2 Å². The summed E-state index contributed by atoms with van der Waals surface area (Å²) in [6.45, 7) is 4.30. The number of rotatable bonds is 1. The lowest BCUT2D eigenvalue weighted by Crippen LogP contribution is -2.56. The van der Waals surface area contributed by atoms with Crippen LogP contribution >= 0.6 is 0 Å². The van der Waals surface area contributed by atoms with Gasteiger partial charge in [-0.05, 0) is 56.9 Å². The first-order valence-corrected chi connectivity index (χ1v) is 8.29. The highest BCUT2D eigenvalue weighted by molar-refractivity contribution is 5.82. The third-order valence-electron chi connectivity index (χ3n) is 5.49. The smallest absolute Gasteiger partial charge is 0.239 e. The van der Waals surface area contributed by atoms with Gasteiger partial charge >= 0.3 is 0 Å². The summed E-state index contributed by atoms with van der Waals surface area (Å²) in [6.07, 6.45) is 10.1. The number of amides is 1.